The number of hydrogen-bond donors (Lipinski definition) is 0. The van der Waals surface area contributed by atoms with E-state index in [-0.39, 0.29) is 12.4 Å². The molecule has 1 heterocycles. The highest BCUT2D eigenvalue weighted by atomic mass is 35.5. The quantitative estimate of drug-likeness (QED) is 0.769. The summed E-state index contributed by atoms with van der Waals surface area (Å²) in [4.78, 5) is 4.34. The maximum atomic E-state index is 13.5. The van der Waals surface area contributed by atoms with E-state index in [9.17, 15) is 4.39 Å². The van der Waals surface area contributed by atoms with E-state index in [2.05, 4.69) is 4.98 Å². The van der Waals surface area contributed by atoms with E-state index in [1.54, 1.807) is 24.3 Å². The van der Waals surface area contributed by atoms with Gasteiger partial charge in [-0.05, 0) is 24.1 Å². The van der Waals surface area contributed by atoms with Gasteiger partial charge in [0.15, 0.2) is 0 Å². The van der Waals surface area contributed by atoms with Crippen molar-refractivity contribution >= 4 is 11.6 Å². The number of benzene rings is 1. The van der Waals surface area contributed by atoms with Crippen molar-refractivity contribution in [3.8, 4) is 5.88 Å². The highest BCUT2D eigenvalue weighted by Gasteiger charge is 2.05. The molecule has 4 heteroatoms. The van der Waals surface area contributed by atoms with Crippen LogP contribution in [0.2, 0.25) is 0 Å². The summed E-state index contributed by atoms with van der Waals surface area (Å²) in [6.45, 7) is 2.18. The second-order valence-electron chi connectivity index (χ2n) is 4.17. The van der Waals surface area contributed by atoms with Crippen LogP contribution >= 0.6 is 11.6 Å². The van der Waals surface area contributed by atoms with Crippen molar-refractivity contribution in [2.75, 3.05) is 0 Å². The predicted molar refractivity (Wildman–Crippen MR) is 73.9 cm³/mol. The minimum absolute atomic E-state index is 0.161. The van der Waals surface area contributed by atoms with E-state index in [1.165, 1.54) is 6.07 Å². The molecular formula is C15H15ClFNO. The fraction of sp³-hybridized carbons (Fsp3) is 0.267. The molecule has 2 aromatic rings. The smallest absolute Gasteiger partial charge is 0.214 e. The zero-order valence-corrected chi connectivity index (χ0v) is 11.5. The number of ether oxygens (including phenoxy) is 1. The molecule has 19 heavy (non-hydrogen) atoms. The van der Waals surface area contributed by atoms with Gasteiger partial charge in [0, 0.05) is 23.2 Å². The third-order valence-electron chi connectivity index (χ3n) is 2.76. The molecule has 100 valence electrons. The summed E-state index contributed by atoms with van der Waals surface area (Å²) in [6.07, 6.45) is 0.806. The summed E-state index contributed by atoms with van der Waals surface area (Å²) in [5.74, 6) is 0.621. The molecule has 0 spiro atoms. The van der Waals surface area contributed by atoms with Crippen molar-refractivity contribution in [1.29, 1.82) is 0 Å². The van der Waals surface area contributed by atoms with Crippen LogP contribution in [-0.2, 0) is 18.9 Å². The average molecular weight is 280 g/mol. The minimum Gasteiger partial charge on any atom is -0.473 e. The van der Waals surface area contributed by atoms with E-state index >= 15 is 0 Å². The van der Waals surface area contributed by atoms with Crippen molar-refractivity contribution in [2.24, 2.45) is 0 Å². The zero-order chi connectivity index (χ0) is 13.7. The molecule has 0 atom stereocenters. The summed E-state index contributed by atoms with van der Waals surface area (Å²) in [6, 6.07) is 10.3. The summed E-state index contributed by atoms with van der Waals surface area (Å²) >= 11 is 5.83. The Balaban J connectivity index is 2.13. The van der Waals surface area contributed by atoms with Crippen molar-refractivity contribution in [3.63, 3.8) is 0 Å². The van der Waals surface area contributed by atoms with E-state index in [1.807, 2.05) is 13.0 Å². The number of aromatic nitrogens is 1. The number of alkyl halides is 1. The third-order valence-corrected chi connectivity index (χ3v) is 3.07. The third kappa shape index (κ3) is 3.67. The number of rotatable bonds is 5. The van der Waals surface area contributed by atoms with Gasteiger partial charge in [-0.3, -0.25) is 0 Å². The van der Waals surface area contributed by atoms with Crippen LogP contribution in [0.25, 0.3) is 0 Å². The Kier molecular flexibility index (Phi) is 4.74. The maximum Gasteiger partial charge on any atom is 0.214 e. The Labute approximate surface area is 117 Å². The minimum atomic E-state index is -0.272. The molecule has 0 unspecified atom stereocenters. The Morgan fingerprint density at radius 3 is 2.74 bits per heavy atom. The summed E-state index contributed by atoms with van der Waals surface area (Å²) < 4.78 is 19.0. The molecule has 0 bridgehead atoms. The molecule has 0 N–H and O–H groups in total. The summed E-state index contributed by atoms with van der Waals surface area (Å²) in [5.41, 5.74) is 2.39. The van der Waals surface area contributed by atoms with Crippen LogP contribution in [0.5, 0.6) is 5.88 Å². The number of halogens is 2. The zero-order valence-electron chi connectivity index (χ0n) is 10.7. The first-order valence-corrected chi connectivity index (χ1v) is 6.68. The molecular weight excluding hydrogens is 265 g/mol. The van der Waals surface area contributed by atoms with Crippen LogP contribution in [-0.4, -0.2) is 4.98 Å². The second-order valence-corrected chi connectivity index (χ2v) is 4.44. The van der Waals surface area contributed by atoms with Gasteiger partial charge in [-0.15, -0.1) is 11.6 Å². The first-order chi connectivity index (χ1) is 9.22. The van der Waals surface area contributed by atoms with Gasteiger partial charge >= 0.3 is 0 Å². The molecule has 1 aromatic heterocycles. The second kappa shape index (κ2) is 6.53. The molecule has 0 aliphatic rings. The number of nitrogens with zero attached hydrogens (tertiary/aromatic N) is 1. The largest absolute Gasteiger partial charge is 0.473 e. The Morgan fingerprint density at radius 2 is 2.05 bits per heavy atom. The van der Waals surface area contributed by atoms with Crippen molar-refractivity contribution in [2.45, 2.75) is 25.8 Å². The van der Waals surface area contributed by atoms with Crippen LogP contribution < -0.4 is 4.74 Å². The van der Waals surface area contributed by atoms with Crippen molar-refractivity contribution < 1.29 is 9.13 Å². The monoisotopic (exact) mass is 279 g/mol. The molecule has 2 nitrogen and oxygen atoms in total. The van der Waals surface area contributed by atoms with Gasteiger partial charge in [0.25, 0.3) is 0 Å². The van der Waals surface area contributed by atoms with Gasteiger partial charge in [-0.2, -0.15) is 0 Å². The maximum absolute atomic E-state index is 13.5. The first-order valence-electron chi connectivity index (χ1n) is 6.15. The Bertz CT molecular complexity index is 537. The van der Waals surface area contributed by atoms with Crippen LogP contribution in [0.3, 0.4) is 0 Å². The molecule has 0 amide bonds. The van der Waals surface area contributed by atoms with E-state index in [0.717, 1.165) is 17.7 Å². The number of aryl methyl sites for hydroxylation is 1. The molecule has 0 radical (unpaired) electrons. The fourth-order valence-electron chi connectivity index (χ4n) is 1.72. The van der Waals surface area contributed by atoms with E-state index in [4.69, 9.17) is 16.3 Å². The topological polar surface area (TPSA) is 22.1 Å². The summed E-state index contributed by atoms with van der Waals surface area (Å²) in [7, 11) is 0. The molecule has 0 aliphatic carbocycles. The SMILES string of the molecule is CCc1cc(CCl)cc(OCc2ccccc2F)n1. The van der Waals surface area contributed by atoms with Gasteiger partial charge < -0.3 is 4.74 Å². The average Bonchev–Trinajstić information content (AvgIpc) is 2.46. The highest BCUT2D eigenvalue weighted by molar-refractivity contribution is 6.17. The van der Waals surface area contributed by atoms with E-state index in [0.29, 0.717) is 17.3 Å². The van der Waals surface area contributed by atoms with Crippen molar-refractivity contribution in [3.05, 3.63) is 59.0 Å². The lowest BCUT2D eigenvalue weighted by molar-refractivity contribution is 0.287. The van der Waals surface area contributed by atoms with Gasteiger partial charge in [0.05, 0.1) is 0 Å². The molecule has 2 rings (SSSR count). The Morgan fingerprint density at radius 1 is 1.26 bits per heavy atom. The first kappa shape index (κ1) is 13.8. The molecule has 0 fully saturated rings. The van der Waals surface area contributed by atoms with E-state index < -0.39 is 0 Å². The standard InChI is InChI=1S/C15H15ClFNO/c1-2-13-7-11(9-16)8-15(18-13)19-10-12-5-3-4-6-14(12)17/h3-8H,2,9-10H2,1H3. The lowest BCUT2D eigenvalue weighted by Gasteiger charge is -2.09. The van der Waals surface area contributed by atoms with Gasteiger partial charge in [0.2, 0.25) is 5.88 Å². The van der Waals surface area contributed by atoms with Crippen molar-refractivity contribution in [1.82, 2.24) is 4.98 Å². The molecule has 0 aliphatic heterocycles. The van der Waals surface area contributed by atoms with Crippen LogP contribution in [0.15, 0.2) is 36.4 Å². The van der Waals surface area contributed by atoms with Gasteiger partial charge in [0.1, 0.15) is 12.4 Å². The summed E-state index contributed by atoms with van der Waals surface area (Å²) in [5, 5.41) is 0. The van der Waals surface area contributed by atoms with Gasteiger partial charge in [-0.25, -0.2) is 9.37 Å². The fourth-order valence-corrected chi connectivity index (χ4v) is 1.87. The lowest BCUT2D eigenvalue weighted by atomic mass is 10.2. The lowest BCUT2D eigenvalue weighted by Crippen LogP contribution is -2.01. The van der Waals surface area contributed by atoms with Crippen LogP contribution in [0.1, 0.15) is 23.7 Å². The van der Waals surface area contributed by atoms with Gasteiger partial charge in [-0.1, -0.05) is 25.1 Å². The molecule has 0 saturated carbocycles. The number of hydrogen-bond acceptors (Lipinski definition) is 2. The van der Waals surface area contributed by atoms with Crippen LogP contribution in [0.4, 0.5) is 4.39 Å². The normalized spacial score (nSPS) is 10.5. The molecule has 0 saturated heterocycles. The highest BCUT2D eigenvalue weighted by Crippen LogP contribution is 2.17. The Hall–Kier alpha value is -1.61. The molecule has 1 aromatic carbocycles. The van der Waals surface area contributed by atoms with Crippen LogP contribution in [0, 0.1) is 5.82 Å². The number of pyridine rings is 1. The predicted octanol–water partition coefficient (Wildman–Crippen LogP) is 4.10.